The maximum absolute atomic E-state index is 12.9. The molecule has 166 valence electrons. The first-order valence-electron chi connectivity index (χ1n) is 10.3. The molecule has 0 aliphatic carbocycles. The van der Waals surface area contributed by atoms with Gasteiger partial charge in [-0.25, -0.2) is 0 Å². The van der Waals surface area contributed by atoms with Crippen LogP contribution in [-0.2, 0) is 11.2 Å². The summed E-state index contributed by atoms with van der Waals surface area (Å²) in [6.45, 7) is 3.55. The number of hydrogen-bond donors (Lipinski definition) is 2. The van der Waals surface area contributed by atoms with E-state index in [9.17, 15) is 9.59 Å². The van der Waals surface area contributed by atoms with E-state index in [2.05, 4.69) is 40.7 Å². The molecule has 0 bridgehead atoms. The summed E-state index contributed by atoms with van der Waals surface area (Å²) in [6, 6.07) is 12.6. The molecule has 2 unspecified atom stereocenters. The molecule has 2 amide bonds. The van der Waals surface area contributed by atoms with Crippen LogP contribution >= 0.6 is 35.0 Å². The van der Waals surface area contributed by atoms with Crippen molar-refractivity contribution >= 4 is 52.5 Å². The van der Waals surface area contributed by atoms with E-state index in [1.807, 2.05) is 12.3 Å². The summed E-state index contributed by atoms with van der Waals surface area (Å²) in [5, 5.41) is 6.57. The molecule has 8 heteroatoms. The third-order valence-corrected chi connectivity index (χ3v) is 6.63. The van der Waals surface area contributed by atoms with Crippen molar-refractivity contribution in [3.63, 3.8) is 0 Å². The van der Waals surface area contributed by atoms with Crippen molar-refractivity contribution in [2.75, 3.05) is 30.0 Å². The molecule has 2 aromatic carbocycles. The highest BCUT2D eigenvalue weighted by Gasteiger charge is 2.26. The Bertz CT molecular complexity index is 941. The second kappa shape index (κ2) is 11.1. The van der Waals surface area contributed by atoms with Gasteiger partial charge in [0.25, 0.3) is 5.91 Å². The molecule has 0 aromatic heterocycles. The second-order valence-electron chi connectivity index (χ2n) is 7.60. The molecule has 2 aromatic rings. The van der Waals surface area contributed by atoms with E-state index < -0.39 is 6.04 Å². The average Bonchev–Trinajstić information content (AvgIpc) is 3.18. The van der Waals surface area contributed by atoms with Crippen molar-refractivity contribution in [3.8, 4) is 0 Å². The third kappa shape index (κ3) is 6.09. The normalized spacial score (nSPS) is 14.6. The fraction of sp³-hybridized carbons (Fsp3) is 0.391. The number of thioether (sulfide) groups is 1. The SMILES string of the molecule is CSCCC(NC(=O)c1ccc(Cl)cc1Cl)C(=O)NCC(C)N1CCc2ccccc21. The average molecular weight is 480 g/mol. The Morgan fingerprint density at radius 2 is 1.97 bits per heavy atom. The number of hydrogen-bond acceptors (Lipinski definition) is 4. The smallest absolute Gasteiger partial charge is 0.253 e. The maximum atomic E-state index is 12.9. The number of carbonyl (C=O) groups is 2. The van der Waals surface area contributed by atoms with Crippen LogP contribution in [0.1, 0.15) is 29.3 Å². The Morgan fingerprint density at radius 3 is 2.71 bits per heavy atom. The van der Waals surface area contributed by atoms with Crippen LogP contribution < -0.4 is 15.5 Å². The number of halogens is 2. The number of amides is 2. The predicted molar refractivity (Wildman–Crippen MR) is 131 cm³/mol. The number of fused-ring (bicyclic) bond motifs is 1. The lowest BCUT2D eigenvalue weighted by Crippen LogP contribution is -2.50. The number of anilines is 1. The largest absolute Gasteiger partial charge is 0.366 e. The molecule has 5 nitrogen and oxygen atoms in total. The van der Waals surface area contributed by atoms with E-state index in [1.54, 1.807) is 23.9 Å². The lowest BCUT2D eigenvalue weighted by Gasteiger charge is -2.28. The third-order valence-electron chi connectivity index (χ3n) is 5.44. The number of rotatable bonds is 9. The molecule has 3 rings (SSSR count). The zero-order valence-corrected chi connectivity index (χ0v) is 20.0. The Morgan fingerprint density at radius 1 is 1.19 bits per heavy atom. The minimum Gasteiger partial charge on any atom is -0.366 e. The van der Waals surface area contributed by atoms with Crippen molar-refractivity contribution in [1.29, 1.82) is 0 Å². The van der Waals surface area contributed by atoms with Gasteiger partial charge in [0.2, 0.25) is 5.91 Å². The van der Waals surface area contributed by atoms with Gasteiger partial charge in [-0.05, 0) is 61.6 Å². The topological polar surface area (TPSA) is 61.4 Å². The number of benzene rings is 2. The van der Waals surface area contributed by atoms with Crippen LogP contribution in [0.15, 0.2) is 42.5 Å². The van der Waals surface area contributed by atoms with Gasteiger partial charge in [-0.15, -0.1) is 0 Å². The monoisotopic (exact) mass is 479 g/mol. The Hall–Kier alpha value is -1.89. The maximum Gasteiger partial charge on any atom is 0.253 e. The highest BCUT2D eigenvalue weighted by molar-refractivity contribution is 7.98. The minimum absolute atomic E-state index is 0.148. The van der Waals surface area contributed by atoms with Gasteiger partial charge in [-0.1, -0.05) is 41.4 Å². The van der Waals surface area contributed by atoms with Gasteiger partial charge in [0.1, 0.15) is 6.04 Å². The fourth-order valence-electron chi connectivity index (χ4n) is 3.72. The van der Waals surface area contributed by atoms with Crippen LogP contribution in [0, 0.1) is 0 Å². The highest BCUT2D eigenvalue weighted by atomic mass is 35.5. The molecular formula is C23H27Cl2N3O2S. The molecule has 31 heavy (non-hydrogen) atoms. The van der Waals surface area contributed by atoms with Gasteiger partial charge in [0.05, 0.1) is 10.6 Å². The van der Waals surface area contributed by atoms with Crippen LogP contribution in [0.5, 0.6) is 0 Å². The standard InChI is InChI=1S/C23H27Cl2N3O2S/c1-15(28-11-9-16-5-3-4-6-21(16)28)14-26-23(30)20(10-12-31-2)27-22(29)18-8-7-17(24)13-19(18)25/h3-8,13,15,20H,9-12,14H2,1-2H3,(H,26,30)(H,27,29). The lowest BCUT2D eigenvalue weighted by molar-refractivity contribution is -0.123. The Balaban J connectivity index is 1.61. The van der Waals surface area contributed by atoms with Crippen molar-refractivity contribution in [2.45, 2.75) is 31.8 Å². The first-order valence-corrected chi connectivity index (χ1v) is 12.4. The zero-order valence-electron chi connectivity index (χ0n) is 17.7. The van der Waals surface area contributed by atoms with Gasteiger partial charge in [0, 0.05) is 29.8 Å². The van der Waals surface area contributed by atoms with Crippen molar-refractivity contribution < 1.29 is 9.59 Å². The molecule has 0 radical (unpaired) electrons. The van der Waals surface area contributed by atoms with Gasteiger partial charge >= 0.3 is 0 Å². The van der Waals surface area contributed by atoms with Crippen LogP contribution in [0.2, 0.25) is 10.0 Å². The van der Waals surface area contributed by atoms with E-state index >= 15 is 0 Å². The molecular weight excluding hydrogens is 453 g/mol. The number of carbonyl (C=O) groups excluding carboxylic acids is 2. The molecule has 2 N–H and O–H groups in total. The predicted octanol–water partition coefficient (Wildman–Crippen LogP) is 4.41. The first kappa shape index (κ1) is 23.8. The molecule has 0 saturated heterocycles. The zero-order chi connectivity index (χ0) is 22.4. The first-order chi connectivity index (χ1) is 14.9. The van der Waals surface area contributed by atoms with Gasteiger partial charge in [-0.3, -0.25) is 9.59 Å². The summed E-state index contributed by atoms with van der Waals surface area (Å²) in [7, 11) is 0. The summed E-state index contributed by atoms with van der Waals surface area (Å²) in [5.74, 6) is 0.179. The summed E-state index contributed by atoms with van der Waals surface area (Å²) < 4.78 is 0. The molecule has 1 aliphatic rings. The van der Waals surface area contributed by atoms with Crippen LogP contribution in [0.25, 0.3) is 0 Å². The molecule has 0 fully saturated rings. The molecule has 1 aliphatic heterocycles. The number of para-hydroxylation sites is 1. The lowest BCUT2D eigenvalue weighted by atomic mass is 10.1. The van der Waals surface area contributed by atoms with Gasteiger partial charge in [0.15, 0.2) is 0 Å². The van der Waals surface area contributed by atoms with Crippen LogP contribution in [0.3, 0.4) is 0 Å². The van der Waals surface area contributed by atoms with E-state index in [-0.39, 0.29) is 22.9 Å². The molecule has 1 heterocycles. The summed E-state index contributed by atoms with van der Waals surface area (Å²) >= 11 is 13.7. The Kier molecular flexibility index (Phi) is 8.52. The van der Waals surface area contributed by atoms with Crippen LogP contribution in [-0.4, -0.2) is 49.0 Å². The number of nitrogens with zero attached hydrogens (tertiary/aromatic N) is 1. The van der Waals surface area contributed by atoms with E-state index in [0.717, 1.165) is 18.7 Å². The van der Waals surface area contributed by atoms with Gasteiger partial charge < -0.3 is 15.5 Å². The second-order valence-corrected chi connectivity index (χ2v) is 9.43. The summed E-state index contributed by atoms with van der Waals surface area (Å²) in [4.78, 5) is 27.9. The number of nitrogens with one attached hydrogen (secondary N) is 2. The fourth-order valence-corrected chi connectivity index (χ4v) is 4.68. The van der Waals surface area contributed by atoms with Crippen molar-refractivity contribution in [3.05, 3.63) is 63.6 Å². The summed E-state index contributed by atoms with van der Waals surface area (Å²) in [6.07, 6.45) is 3.52. The molecule has 0 saturated carbocycles. The minimum atomic E-state index is -0.634. The van der Waals surface area contributed by atoms with E-state index in [0.29, 0.717) is 23.6 Å². The molecule has 2 atom stereocenters. The van der Waals surface area contributed by atoms with Crippen molar-refractivity contribution in [1.82, 2.24) is 10.6 Å². The Labute approximate surface area is 197 Å². The quantitative estimate of drug-likeness (QED) is 0.558. The van der Waals surface area contributed by atoms with Crippen molar-refractivity contribution in [2.24, 2.45) is 0 Å². The molecule has 0 spiro atoms. The van der Waals surface area contributed by atoms with Gasteiger partial charge in [-0.2, -0.15) is 11.8 Å². The highest BCUT2D eigenvalue weighted by Crippen LogP contribution is 2.29. The summed E-state index contributed by atoms with van der Waals surface area (Å²) in [5.41, 5.74) is 2.87. The van der Waals surface area contributed by atoms with Crippen LogP contribution in [0.4, 0.5) is 5.69 Å². The van der Waals surface area contributed by atoms with E-state index in [4.69, 9.17) is 23.2 Å². The van der Waals surface area contributed by atoms with E-state index in [1.165, 1.54) is 17.3 Å².